The number of ether oxygens (including phenoxy) is 1. The maximum atomic E-state index is 11.9. The molecule has 0 bridgehead atoms. The van der Waals surface area contributed by atoms with Gasteiger partial charge in [-0.05, 0) is 51.1 Å². The summed E-state index contributed by atoms with van der Waals surface area (Å²) in [6.45, 7) is 6.70. The van der Waals surface area contributed by atoms with E-state index >= 15 is 0 Å². The zero-order valence-electron chi connectivity index (χ0n) is 15.3. The lowest BCUT2D eigenvalue weighted by atomic mass is 10.2. The lowest BCUT2D eigenvalue weighted by Crippen LogP contribution is -2.40. The number of carbonyl (C=O) groups is 3. The summed E-state index contributed by atoms with van der Waals surface area (Å²) in [5, 5.41) is 4.67. The summed E-state index contributed by atoms with van der Waals surface area (Å²) >= 11 is 0.844. The first-order valence-electron chi connectivity index (χ1n) is 8.52. The molecule has 144 valence electrons. The highest BCUT2D eigenvalue weighted by atomic mass is 32.2. The molecule has 1 unspecified atom stereocenters. The minimum atomic E-state index is -0.542. The van der Waals surface area contributed by atoms with Crippen LogP contribution in [-0.4, -0.2) is 51.9 Å². The van der Waals surface area contributed by atoms with E-state index in [-0.39, 0.29) is 6.04 Å². The summed E-state index contributed by atoms with van der Waals surface area (Å²) in [5.41, 5.74) is -0.00454. The van der Waals surface area contributed by atoms with Crippen LogP contribution in [0.3, 0.4) is 0 Å². The normalized spacial score (nSPS) is 21.5. The molecule has 27 heavy (non-hydrogen) atoms. The van der Waals surface area contributed by atoms with Crippen LogP contribution in [0, 0.1) is 0 Å². The highest BCUT2D eigenvalue weighted by Crippen LogP contribution is 2.25. The molecule has 0 saturated carbocycles. The standard InChI is InChI=1S/C17H21N5O4S/c1-17(2,3)26-15(24)20-11-5-7-22(9-11)14-18-6-4-10(19-14)8-12-13(23)21-16(25)27-12/h4,6,8,11H,5,7,9H2,1-3H3,(H,20,24)(H,21,23,25). The van der Waals surface area contributed by atoms with Crippen molar-refractivity contribution in [1.29, 1.82) is 0 Å². The number of rotatable bonds is 3. The van der Waals surface area contributed by atoms with Gasteiger partial charge in [-0.1, -0.05) is 0 Å². The van der Waals surface area contributed by atoms with E-state index in [2.05, 4.69) is 20.6 Å². The van der Waals surface area contributed by atoms with Gasteiger partial charge < -0.3 is 15.0 Å². The first kappa shape index (κ1) is 19.2. The first-order valence-corrected chi connectivity index (χ1v) is 9.33. The van der Waals surface area contributed by atoms with Crippen LogP contribution in [-0.2, 0) is 9.53 Å². The fourth-order valence-corrected chi connectivity index (χ4v) is 3.35. The molecule has 3 amide bonds. The van der Waals surface area contributed by atoms with Gasteiger partial charge in [-0.3, -0.25) is 14.9 Å². The Hall–Kier alpha value is -2.62. The maximum absolute atomic E-state index is 11.9. The molecule has 2 aliphatic rings. The van der Waals surface area contributed by atoms with Crippen molar-refractivity contribution in [1.82, 2.24) is 20.6 Å². The minimum Gasteiger partial charge on any atom is -0.444 e. The fraction of sp³-hybridized carbons (Fsp3) is 0.471. The van der Waals surface area contributed by atoms with Gasteiger partial charge in [0.15, 0.2) is 0 Å². The van der Waals surface area contributed by atoms with Gasteiger partial charge in [0.1, 0.15) is 5.60 Å². The van der Waals surface area contributed by atoms with Crippen LogP contribution in [0.25, 0.3) is 6.08 Å². The molecule has 3 heterocycles. The van der Waals surface area contributed by atoms with Crippen molar-refractivity contribution in [3.63, 3.8) is 0 Å². The second-order valence-corrected chi connectivity index (χ2v) is 8.23. The van der Waals surface area contributed by atoms with Crippen LogP contribution >= 0.6 is 11.8 Å². The van der Waals surface area contributed by atoms with Crippen LogP contribution in [0.5, 0.6) is 0 Å². The fourth-order valence-electron chi connectivity index (χ4n) is 2.68. The molecule has 1 aromatic heterocycles. The van der Waals surface area contributed by atoms with Gasteiger partial charge >= 0.3 is 6.09 Å². The predicted molar refractivity (Wildman–Crippen MR) is 101 cm³/mol. The number of nitrogens with one attached hydrogen (secondary N) is 2. The Morgan fingerprint density at radius 3 is 2.89 bits per heavy atom. The van der Waals surface area contributed by atoms with E-state index in [1.807, 2.05) is 25.7 Å². The van der Waals surface area contributed by atoms with E-state index in [4.69, 9.17) is 4.74 Å². The van der Waals surface area contributed by atoms with Crippen LogP contribution in [0.4, 0.5) is 15.5 Å². The van der Waals surface area contributed by atoms with Crippen molar-refractivity contribution in [3.05, 3.63) is 22.9 Å². The zero-order chi connectivity index (χ0) is 19.6. The van der Waals surface area contributed by atoms with Crippen molar-refractivity contribution in [2.75, 3.05) is 18.0 Å². The van der Waals surface area contributed by atoms with Gasteiger partial charge in [-0.2, -0.15) is 0 Å². The van der Waals surface area contributed by atoms with E-state index in [1.54, 1.807) is 18.3 Å². The summed E-state index contributed by atoms with van der Waals surface area (Å²) in [6, 6.07) is 1.61. The molecule has 0 aromatic carbocycles. The van der Waals surface area contributed by atoms with Gasteiger partial charge in [-0.25, -0.2) is 14.8 Å². The Balaban J connectivity index is 1.63. The second-order valence-electron chi connectivity index (χ2n) is 7.21. The third kappa shape index (κ3) is 5.19. The molecule has 0 radical (unpaired) electrons. The highest BCUT2D eigenvalue weighted by Gasteiger charge is 2.28. The molecule has 0 spiro atoms. The number of aromatic nitrogens is 2. The Bertz CT molecular complexity index is 805. The van der Waals surface area contributed by atoms with E-state index in [0.717, 1.165) is 18.2 Å². The van der Waals surface area contributed by atoms with E-state index < -0.39 is 22.8 Å². The Morgan fingerprint density at radius 2 is 2.22 bits per heavy atom. The van der Waals surface area contributed by atoms with Crippen LogP contribution < -0.4 is 15.5 Å². The number of carbonyl (C=O) groups excluding carboxylic acids is 3. The summed E-state index contributed by atoms with van der Waals surface area (Å²) in [7, 11) is 0. The first-order chi connectivity index (χ1) is 12.7. The van der Waals surface area contributed by atoms with Gasteiger partial charge in [-0.15, -0.1) is 0 Å². The molecular weight excluding hydrogens is 370 g/mol. The lowest BCUT2D eigenvalue weighted by molar-refractivity contribution is -0.115. The minimum absolute atomic E-state index is 0.0563. The monoisotopic (exact) mass is 391 g/mol. The van der Waals surface area contributed by atoms with Crippen molar-refractivity contribution >= 4 is 41.0 Å². The van der Waals surface area contributed by atoms with Crippen LogP contribution in [0.1, 0.15) is 32.9 Å². The third-order valence-electron chi connectivity index (χ3n) is 3.78. The Morgan fingerprint density at radius 1 is 1.44 bits per heavy atom. The van der Waals surface area contributed by atoms with Crippen molar-refractivity contribution in [2.24, 2.45) is 0 Å². The van der Waals surface area contributed by atoms with Crippen molar-refractivity contribution < 1.29 is 19.1 Å². The third-order valence-corrected chi connectivity index (χ3v) is 4.59. The number of nitrogens with zero attached hydrogens (tertiary/aromatic N) is 3. The number of imide groups is 1. The van der Waals surface area contributed by atoms with Gasteiger partial charge in [0.25, 0.3) is 11.1 Å². The van der Waals surface area contributed by atoms with Gasteiger partial charge in [0.2, 0.25) is 5.95 Å². The van der Waals surface area contributed by atoms with E-state index in [0.29, 0.717) is 29.6 Å². The van der Waals surface area contributed by atoms with Gasteiger partial charge in [0.05, 0.1) is 16.6 Å². The van der Waals surface area contributed by atoms with Crippen molar-refractivity contribution in [2.45, 2.75) is 38.8 Å². The summed E-state index contributed by atoms with van der Waals surface area (Å²) in [6.07, 6.45) is 3.47. The molecule has 1 atom stereocenters. The quantitative estimate of drug-likeness (QED) is 0.751. The number of thioether (sulfide) groups is 1. The number of anilines is 1. The number of hydrogen-bond donors (Lipinski definition) is 2. The average molecular weight is 391 g/mol. The van der Waals surface area contributed by atoms with Gasteiger partial charge in [0, 0.05) is 19.3 Å². The predicted octanol–water partition coefficient (Wildman–Crippen LogP) is 1.90. The molecule has 2 fully saturated rings. The number of alkyl carbamates (subject to hydrolysis) is 1. The molecule has 9 nitrogen and oxygen atoms in total. The summed E-state index contributed by atoms with van der Waals surface area (Å²) < 4.78 is 5.28. The smallest absolute Gasteiger partial charge is 0.407 e. The SMILES string of the molecule is CC(C)(C)OC(=O)NC1CCN(c2nccc(C=C3SC(=O)NC3=O)n2)C1. The molecular formula is C17H21N5O4S. The number of hydrogen-bond acceptors (Lipinski definition) is 8. The van der Waals surface area contributed by atoms with Crippen LogP contribution in [0.2, 0.25) is 0 Å². The molecule has 2 aliphatic heterocycles. The average Bonchev–Trinajstić information content (AvgIpc) is 3.12. The van der Waals surface area contributed by atoms with E-state index in [1.165, 1.54) is 0 Å². The largest absolute Gasteiger partial charge is 0.444 e. The van der Waals surface area contributed by atoms with Crippen molar-refractivity contribution in [3.8, 4) is 0 Å². The lowest BCUT2D eigenvalue weighted by Gasteiger charge is -2.22. The molecule has 2 N–H and O–H groups in total. The highest BCUT2D eigenvalue weighted by molar-refractivity contribution is 8.18. The molecule has 10 heteroatoms. The zero-order valence-corrected chi connectivity index (χ0v) is 16.1. The van der Waals surface area contributed by atoms with Crippen LogP contribution in [0.15, 0.2) is 17.2 Å². The second kappa shape index (κ2) is 7.55. The summed E-state index contributed by atoms with van der Waals surface area (Å²) in [4.78, 5) is 45.8. The molecule has 1 aromatic rings. The molecule has 2 saturated heterocycles. The molecule has 3 rings (SSSR count). The topological polar surface area (TPSA) is 114 Å². The Kier molecular flexibility index (Phi) is 5.36. The Labute approximate surface area is 160 Å². The molecule has 0 aliphatic carbocycles. The summed E-state index contributed by atoms with van der Waals surface area (Å²) in [5.74, 6) is 0.0838. The van der Waals surface area contributed by atoms with E-state index in [9.17, 15) is 14.4 Å². The number of amides is 3. The maximum Gasteiger partial charge on any atom is 0.407 e.